The van der Waals surface area contributed by atoms with E-state index in [0.717, 1.165) is 24.1 Å². The predicted octanol–water partition coefficient (Wildman–Crippen LogP) is 0.759. The SMILES string of the molecule is COCC(=O)N1CCc2c(COC)cncc2C1. The molecule has 5 nitrogen and oxygen atoms in total. The van der Waals surface area contributed by atoms with Crippen LogP contribution in [0.25, 0.3) is 0 Å². The van der Waals surface area contributed by atoms with Crippen molar-refractivity contribution in [3.63, 3.8) is 0 Å². The Kier molecular flexibility index (Phi) is 4.28. The third-order valence-corrected chi connectivity index (χ3v) is 3.15. The van der Waals surface area contributed by atoms with Crippen LogP contribution >= 0.6 is 0 Å². The van der Waals surface area contributed by atoms with Gasteiger partial charge < -0.3 is 14.4 Å². The maximum Gasteiger partial charge on any atom is 0.248 e. The molecule has 0 saturated heterocycles. The van der Waals surface area contributed by atoms with Crippen LogP contribution < -0.4 is 0 Å². The minimum atomic E-state index is 0.0281. The van der Waals surface area contributed by atoms with E-state index in [1.54, 1.807) is 7.11 Å². The first kappa shape index (κ1) is 13.0. The van der Waals surface area contributed by atoms with Gasteiger partial charge in [0, 0.05) is 39.7 Å². The third-order valence-electron chi connectivity index (χ3n) is 3.15. The molecule has 1 aliphatic heterocycles. The number of pyridine rings is 1. The van der Waals surface area contributed by atoms with Gasteiger partial charge in [0.15, 0.2) is 0 Å². The highest BCUT2D eigenvalue weighted by Crippen LogP contribution is 2.22. The molecule has 2 rings (SSSR count). The first-order valence-electron chi connectivity index (χ1n) is 5.96. The van der Waals surface area contributed by atoms with E-state index in [-0.39, 0.29) is 12.5 Å². The summed E-state index contributed by atoms with van der Waals surface area (Å²) < 4.78 is 10.0. The Labute approximate surface area is 107 Å². The van der Waals surface area contributed by atoms with E-state index in [4.69, 9.17) is 9.47 Å². The zero-order chi connectivity index (χ0) is 13.0. The number of fused-ring (bicyclic) bond motifs is 1. The second-order valence-electron chi connectivity index (χ2n) is 4.37. The highest BCUT2D eigenvalue weighted by Gasteiger charge is 2.22. The Morgan fingerprint density at radius 3 is 2.94 bits per heavy atom. The number of amides is 1. The number of rotatable bonds is 4. The lowest BCUT2D eigenvalue weighted by atomic mass is 9.97. The largest absolute Gasteiger partial charge is 0.380 e. The van der Waals surface area contributed by atoms with E-state index in [9.17, 15) is 4.79 Å². The summed E-state index contributed by atoms with van der Waals surface area (Å²) in [6.45, 7) is 2.06. The molecule has 0 radical (unpaired) electrons. The molecule has 1 aromatic heterocycles. The summed E-state index contributed by atoms with van der Waals surface area (Å²) in [4.78, 5) is 17.8. The fraction of sp³-hybridized carbons (Fsp3) is 0.538. The molecular formula is C13H18N2O3. The van der Waals surface area contributed by atoms with E-state index < -0.39 is 0 Å². The van der Waals surface area contributed by atoms with E-state index in [1.165, 1.54) is 12.7 Å². The highest BCUT2D eigenvalue weighted by molar-refractivity contribution is 5.77. The summed E-state index contributed by atoms with van der Waals surface area (Å²) in [6.07, 6.45) is 4.53. The van der Waals surface area contributed by atoms with E-state index in [2.05, 4.69) is 4.98 Å². The van der Waals surface area contributed by atoms with Gasteiger partial charge in [-0.15, -0.1) is 0 Å². The van der Waals surface area contributed by atoms with Crippen molar-refractivity contribution in [2.24, 2.45) is 0 Å². The molecule has 2 heterocycles. The number of hydrogen-bond acceptors (Lipinski definition) is 4. The van der Waals surface area contributed by atoms with Crippen LogP contribution in [0.2, 0.25) is 0 Å². The standard InChI is InChI=1S/C13H18N2O3/c1-17-8-11-6-14-5-10-7-15(4-3-12(10)11)13(16)9-18-2/h5-6H,3-4,7-9H2,1-2H3. The molecule has 0 saturated carbocycles. The smallest absolute Gasteiger partial charge is 0.248 e. The van der Waals surface area contributed by atoms with Crippen molar-refractivity contribution in [1.29, 1.82) is 0 Å². The maximum atomic E-state index is 11.8. The van der Waals surface area contributed by atoms with Gasteiger partial charge in [-0.25, -0.2) is 0 Å². The molecule has 98 valence electrons. The number of ether oxygens (including phenoxy) is 2. The number of carbonyl (C=O) groups is 1. The topological polar surface area (TPSA) is 51.7 Å². The minimum Gasteiger partial charge on any atom is -0.380 e. The van der Waals surface area contributed by atoms with Crippen molar-refractivity contribution >= 4 is 5.91 Å². The Balaban J connectivity index is 2.15. The first-order chi connectivity index (χ1) is 8.76. The number of hydrogen-bond donors (Lipinski definition) is 0. The fourth-order valence-electron chi connectivity index (χ4n) is 2.28. The zero-order valence-corrected chi connectivity index (χ0v) is 10.8. The van der Waals surface area contributed by atoms with Crippen LogP contribution in [0.5, 0.6) is 0 Å². The highest BCUT2D eigenvalue weighted by atomic mass is 16.5. The fourth-order valence-corrected chi connectivity index (χ4v) is 2.28. The van der Waals surface area contributed by atoms with Crippen LogP contribution in [0.4, 0.5) is 0 Å². The molecule has 1 aliphatic rings. The van der Waals surface area contributed by atoms with Crippen molar-refractivity contribution in [3.8, 4) is 0 Å². The van der Waals surface area contributed by atoms with Crippen LogP contribution in [0.15, 0.2) is 12.4 Å². The van der Waals surface area contributed by atoms with Gasteiger partial charge in [-0.1, -0.05) is 0 Å². The normalized spacial score (nSPS) is 14.4. The summed E-state index contributed by atoms with van der Waals surface area (Å²) >= 11 is 0. The molecular weight excluding hydrogens is 232 g/mol. The molecule has 1 aromatic rings. The van der Waals surface area contributed by atoms with Crippen LogP contribution in [-0.2, 0) is 33.8 Å². The van der Waals surface area contributed by atoms with Gasteiger partial charge in [-0.05, 0) is 23.1 Å². The summed E-state index contributed by atoms with van der Waals surface area (Å²) in [7, 11) is 3.21. The molecule has 18 heavy (non-hydrogen) atoms. The molecule has 5 heteroatoms. The van der Waals surface area contributed by atoms with Gasteiger partial charge in [0.05, 0.1) is 6.61 Å². The summed E-state index contributed by atoms with van der Waals surface area (Å²) in [5, 5.41) is 0. The van der Waals surface area contributed by atoms with Gasteiger partial charge in [-0.3, -0.25) is 9.78 Å². The minimum absolute atomic E-state index is 0.0281. The molecule has 0 unspecified atom stereocenters. The summed E-state index contributed by atoms with van der Waals surface area (Å²) in [5.74, 6) is 0.0281. The van der Waals surface area contributed by atoms with Crippen LogP contribution in [0, 0.1) is 0 Å². The van der Waals surface area contributed by atoms with Gasteiger partial charge in [0.25, 0.3) is 0 Å². The van der Waals surface area contributed by atoms with Crippen LogP contribution in [0.1, 0.15) is 16.7 Å². The van der Waals surface area contributed by atoms with Crippen molar-refractivity contribution in [1.82, 2.24) is 9.88 Å². The monoisotopic (exact) mass is 250 g/mol. The molecule has 0 spiro atoms. The summed E-state index contributed by atoms with van der Waals surface area (Å²) in [6, 6.07) is 0. The lowest BCUT2D eigenvalue weighted by Gasteiger charge is -2.29. The van der Waals surface area contributed by atoms with Crippen molar-refractivity contribution in [3.05, 3.63) is 29.1 Å². The second-order valence-corrected chi connectivity index (χ2v) is 4.37. The van der Waals surface area contributed by atoms with Crippen LogP contribution in [0.3, 0.4) is 0 Å². The average Bonchev–Trinajstić information content (AvgIpc) is 2.39. The van der Waals surface area contributed by atoms with Gasteiger partial charge >= 0.3 is 0 Å². The van der Waals surface area contributed by atoms with E-state index in [1.807, 2.05) is 17.3 Å². The lowest BCUT2D eigenvalue weighted by molar-refractivity contribution is -0.136. The number of nitrogens with zero attached hydrogens (tertiary/aromatic N) is 2. The van der Waals surface area contributed by atoms with Crippen molar-refractivity contribution < 1.29 is 14.3 Å². The van der Waals surface area contributed by atoms with E-state index in [0.29, 0.717) is 13.2 Å². The molecule has 0 aromatic carbocycles. The molecule has 0 N–H and O–H groups in total. The maximum absolute atomic E-state index is 11.8. The van der Waals surface area contributed by atoms with Crippen molar-refractivity contribution in [2.45, 2.75) is 19.6 Å². The van der Waals surface area contributed by atoms with Gasteiger partial charge in [0.1, 0.15) is 6.61 Å². The number of aromatic nitrogens is 1. The average molecular weight is 250 g/mol. The van der Waals surface area contributed by atoms with E-state index >= 15 is 0 Å². The molecule has 0 bridgehead atoms. The Morgan fingerprint density at radius 1 is 1.39 bits per heavy atom. The molecule has 1 amide bonds. The Bertz CT molecular complexity index is 434. The Hall–Kier alpha value is -1.46. The lowest BCUT2D eigenvalue weighted by Crippen LogP contribution is -2.38. The van der Waals surface area contributed by atoms with Crippen LogP contribution in [-0.4, -0.2) is 43.2 Å². The zero-order valence-electron chi connectivity index (χ0n) is 10.8. The quantitative estimate of drug-likeness (QED) is 0.791. The van der Waals surface area contributed by atoms with Gasteiger partial charge in [-0.2, -0.15) is 0 Å². The third kappa shape index (κ3) is 2.68. The summed E-state index contributed by atoms with van der Waals surface area (Å²) in [5.41, 5.74) is 3.50. The second kappa shape index (κ2) is 5.93. The van der Waals surface area contributed by atoms with Crippen molar-refractivity contribution in [2.75, 3.05) is 27.4 Å². The predicted molar refractivity (Wildman–Crippen MR) is 65.9 cm³/mol. The van der Waals surface area contributed by atoms with Gasteiger partial charge in [0.2, 0.25) is 5.91 Å². The molecule has 0 atom stereocenters. The number of methoxy groups -OCH3 is 2. The Morgan fingerprint density at radius 2 is 2.22 bits per heavy atom. The molecule has 0 aliphatic carbocycles. The number of carbonyl (C=O) groups excluding carboxylic acids is 1. The molecule has 0 fully saturated rings. The first-order valence-corrected chi connectivity index (χ1v) is 5.96.